The van der Waals surface area contributed by atoms with Crippen molar-refractivity contribution in [2.24, 2.45) is 0 Å². The quantitative estimate of drug-likeness (QED) is 0.555. The Labute approximate surface area is 138 Å². The molecule has 1 rings (SSSR count). The molecular weight excluding hydrogens is 361 g/mol. The molecule has 0 spiro atoms. The van der Waals surface area contributed by atoms with E-state index in [1.807, 2.05) is 0 Å². The lowest BCUT2D eigenvalue weighted by Crippen LogP contribution is -2.48. The monoisotopic (exact) mass is 375 g/mol. The highest BCUT2D eigenvalue weighted by Gasteiger charge is 2.51. The maximum absolute atomic E-state index is 13.4. The largest absolute Gasteiger partial charge is 0.466 e. The zero-order valence-electron chi connectivity index (χ0n) is 13.0. The average Bonchev–Trinajstić information content (AvgIpc) is 2.50. The highest BCUT2D eigenvalue weighted by atomic mass is 32.2. The van der Waals surface area contributed by atoms with Gasteiger partial charge in [-0.3, -0.25) is 0 Å². The number of hydrogen-bond donors (Lipinski definition) is 0. The highest BCUT2D eigenvalue weighted by molar-refractivity contribution is 8.02. The Morgan fingerprint density at radius 1 is 1.17 bits per heavy atom. The molecule has 24 heavy (non-hydrogen) atoms. The van der Waals surface area contributed by atoms with Gasteiger partial charge in [0.25, 0.3) is 6.43 Å². The number of carbonyl (C=O) groups excluding carboxylic acids is 2. The molecule has 0 saturated carbocycles. The second-order valence-electron chi connectivity index (χ2n) is 4.54. The first-order valence-electron chi connectivity index (χ1n) is 6.30. The van der Waals surface area contributed by atoms with Crippen LogP contribution in [0.15, 0.2) is 21.7 Å². The number of hydrogen-bond acceptors (Lipinski definition) is 6. The normalized spacial score (nSPS) is 19.1. The van der Waals surface area contributed by atoms with E-state index < -0.39 is 52.3 Å². The number of methoxy groups -OCH3 is 2. The van der Waals surface area contributed by atoms with E-state index >= 15 is 0 Å². The van der Waals surface area contributed by atoms with Crippen molar-refractivity contribution in [1.29, 1.82) is 0 Å². The summed E-state index contributed by atoms with van der Waals surface area (Å²) in [5, 5.41) is 0. The second kappa shape index (κ2) is 7.41. The molecule has 136 valence electrons. The zero-order valence-corrected chi connectivity index (χ0v) is 13.8. The highest BCUT2D eigenvalue weighted by Crippen LogP contribution is 2.45. The lowest BCUT2D eigenvalue weighted by Gasteiger charge is -2.38. The summed E-state index contributed by atoms with van der Waals surface area (Å²) >= 11 is 0.552. The van der Waals surface area contributed by atoms with Crippen LogP contribution in [-0.2, 0) is 19.1 Å². The molecule has 0 N–H and O–H groups in total. The molecular formula is C13H14F5NO4S. The van der Waals surface area contributed by atoms with Gasteiger partial charge in [0.2, 0.25) is 0 Å². The third-order valence-electron chi connectivity index (χ3n) is 3.28. The molecule has 11 heteroatoms. The van der Waals surface area contributed by atoms with Crippen LogP contribution in [0.2, 0.25) is 0 Å². The van der Waals surface area contributed by atoms with E-state index in [1.165, 1.54) is 6.26 Å². The second-order valence-corrected chi connectivity index (χ2v) is 5.36. The standard InChI is InChI=1S/C13H14F5NO4S/c1-19-7(10(14)15)5(11(20)22-2)8(24-4)6(12(21)23-3)9(19)13(16,17)18/h7,10H,1-4H3. The lowest BCUT2D eigenvalue weighted by atomic mass is 9.95. The maximum atomic E-state index is 13.4. The number of allylic oxidation sites excluding steroid dienone is 1. The molecule has 0 aromatic heterocycles. The van der Waals surface area contributed by atoms with Crippen LogP contribution in [0, 0.1) is 0 Å². The summed E-state index contributed by atoms with van der Waals surface area (Å²) in [4.78, 5) is 23.4. The van der Waals surface area contributed by atoms with Crippen LogP contribution in [0.25, 0.3) is 0 Å². The van der Waals surface area contributed by atoms with Crippen molar-refractivity contribution in [3.05, 3.63) is 21.7 Å². The van der Waals surface area contributed by atoms with Crippen molar-refractivity contribution in [2.45, 2.75) is 18.6 Å². The fourth-order valence-electron chi connectivity index (χ4n) is 2.35. The number of rotatable bonds is 4. The maximum Gasteiger partial charge on any atom is 0.432 e. The van der Waals surface area contributed by atoms with Crippen molar-refractivity contribution in [3.8, 4) is 0 Å². The summed E-state index contributed by atoms with van der Waals surface area (Å²) in [6, 6.07) is -2.22. The molecule has 0 fully saturated rings. The average molecular weight is 375 g/mol. The lowest BCUT2D eigenvalue weighted by molar-refractivity contribution is -0.142. The molecule has 0 bridgehead atoms. The van der Waals surface area contributed by atoms with Crippen LogP contribution in [0.3, 0.4) is 0 Å². The smallest absolute Gasteiger partial charge is 0.432 e. The van der Waals surface area contributed by atoms with Crippen molar-refractivity contribution in [3.63, 3.8) is 0 Å². The summed E-state index contributed by atoms with van der Waals surface area (Å²) < 4.78 is 75.7. The van der Waals surface area contributed by atoms with E-state index in [9.17, 15) is 31.5 Å². The predicted molar refractivity (Wildman–Crippen MR) is 75.2 cm³/mol. The molecule has 0 aliphatic carbocycles. The van der Waals surface area contributed by atoms with Gasteiger partial charge in [0.1, 0.15) is 17.3 Å². The van der Waals surface area contributed by atoms with Gasteiger partial charge in [0, 0.05) is 12.0 Å². The Bertz CT molecular complexity index is 600. The van der Waals surface area contributed by atoms with Gasteiger partial charge in [-0.05, 0) is 6.26 Å². The van der Waals surface area contributed by atoms with Gasteiger partial charge in [0.15, 0.2) is 0 Å². The molecule has 1 heterocycles. The fourth-order valence-corrected chi connectivity index (χ4v) is 3.16. The molecule has 0 saturated heterocycles. The van der Waals surface area contributed by atoms with Gasteiger partial charge in [-0.2, -0.15) is 13.2 Å². The molecule has 0 radical (unpaired) electrons. The molecule has 0 amide bonds. The van der Waals surface area contributed by atoms with Crippen LogP contribution in [0.5, 0.6) is 0 Å². The van der Waals surface area contributed by atoms with Crippen LogP contribution in [0.4, 0.5) is 22.0 Å². The van der Waals surface area contributed by atoms with Crippen LogP contribution in [0.1, 0.15) is 0 Å². The topological polar surface area (TPSA) is 55.8 Å². The Balaban J connectivity index is 3.91. The van der Waals surface area contributed by atoms with Crippen molar-refractivity contribution < 1.29 is 41.0 Å². The van der Waals surface area contributed by atoms with Crippen molar-refractivity contribution in [1.82, 2.24) is 4.90 Å². The number of halogens is 5. The summed E-state index contributed by atoms with van der Waals surface area (Å²) in [5.41, 5.74) is -3.33. The third-order valence-corrected chi connectivity index (χ3v) is 4.11. The van der Waals surface area contributed by atoms with Crippen LogP contribution >= 0.6 is 11.8 Å². The summed E-state index contributed by atoms with van der Waals surface area (Å²) in [5.74, 6) is -2.65. The number of ether oxygens (including phenoxy) is 2. The van der Waals surface area contributed by atoms with Crippen molar-refractivity contribution >= 4 is 23.7 Å². The minimum atomic E-state index is -5.12. The first-order chi connectivity index (χ1) is 11.0. The first kappa shape index (κ1) is 20.3. The van der Waals surface area contributed by atoms with Gasteiger partial charge in [-0.25, -0.2) is 18.4 Å². The molecule has 1 unspecified atom stereocenters. The van der Waals surface area contributed by atoms with E-state index in [1.54, 1.807) is 0 Å². The number of esters is 2. The van der Waals surface area contributed by atoms with Crippen LogP contribution < -0.4 is 0 Å². The number of thioether (sulfide) groups is 1. The molecule has 0 aromatic rings. The Hall–Kier alpha value is -1.78. The number of nitrogens with zero attached hydrogens (tertiary/aromatic N) is 1. The number of carbonyl (C=O) groups is 2. The SMILES string of the molecule is COC(=O)C1=C(C(F)(F)F)N(C)C(C(F)F)C(C(=O)OC)=C1SC. The van der Waals surface area contributed by atoms with Crippen molar-refractivity contribution in [2.75, 3.05) is 27.5 Å². The van der Waals surface area contributed by atoms with Gasteiger partial charge in [-0.15, -0.1) is 11.8 Å². The van der Waals surface area contributed by atoms with Crippen LogP contribution in [-0.4, -0.2) is 63.0 Å². The van der Waals surface area contributed by atoms with Gasteiger partial charge in [0.05, 0.1) is 19.8 Å². The summed E-state index contributed by atoms with van der Waals surface area (Å²) in [6.45, 7) is 0. The Morgan fingerprint density at radius 2 is 1.67 bits per heavy atom. The summed E-state index contributed by atoms with van der Waals surface area (Å²) in [7, 11) is 2.47. The van der Waals surface area contributed by atoms with E-state index in [0.717, 1.165) is 21.3 Å². The molecule has 1 atom stereocenters. The predicted octanol–water partition coefficient (Wildman–Crippen LogP) is 2.35. The number of likely N-dealkylation sites (N-methyl/N-ethyl adjacent to an activating group) is 1. The minimum Gasteiger partial charge on any atom is -0.466 e. The van der Waals surface area contributed by atoms with E-state index in [0.29, 0.717) is 11.8 Å². The first-order valence-corrected chi connectivity index (χ1v) is 7.52. The zero-order chi connectivity index (χ0) is 18.8. The third kappa shape index (κ3) is 3.50. The fraction of sp³-hybridized carbons (Fsp3) is 0.538. The van der Waals surface area contributed by atoms with Gasteiger partial charge >= 0.3 is 18.1 Å². The molecule has 0 aromatic carbocycles. The van der Waals surface area contributed by atoms with E-state index in [2.05, 4.69) is 9.47 Å². The number of alkyl halides is 5. The van der Waals surface area contributed by atoms with E-state index in [4.69, 9.17) is 0 Å². The van der Waals surface area contributed by atoms with E-state index in [-0.39, 0.29) is 4.90 Å². The Morgan fingerprint density at radius 3 is 2.00 bits per heavy atom. The van der Waals surface area contributed by atoms with Gasteiger partial charge in [-0.1, -0.05) is 0 Å². The summed E-state index contributed by atoms with van der Waals surface area (Å²) in [6.07, 6.45) is -7.19. The molecule has 1 aliphatic heterocycles. The molecule has 5 nitrogen and oxygen atoms in total. The van der Waals surface area contributed by atoms with Gasteiger partial charge < -0.3 is 14.4 Å². The minimum absolute atomic E-state index is 0.156. The Kier molecular flexibility index (Phi) is 6.26. The molecule has 1 aliphatic rings.